The predicted molar refractivity (Wildman–Crippen MR) is 107 cm³/mol. The molecule has 1 N–H and O–H groups in total. The molecule has 1 heterocycles. The molecule has 156 valence electrons. The van der Waals surface area contributed by atoms with Gasteiger partial charge in [-0.05, 0) is 53.6 Å². The average molecular weight is 455 g/mol. The maximum Gasteiger partial charge on any atom is 0.419 e. The second-order valence-electron chi connectivity index (χ2n) is 6.53. The highest BCUT2D eigenvalue weighted by Gasteiger charge is 2.35. The normalized spacial score (nSPS) is 11.4. The van der Waals surface area contributed by atoms with Gasteiger partial charge >= 0.3 is 6.18 Å². The summed E-state index contributed by atoms with van der Waals surface area (Å²) in [6.45, 7) is 0.148. The number of phenolic OH excluding ortho intramolecular Hbond substituents is 1. The Morgan fingerprint density at radius 1 is 1.00 bits per heavy atom. The van der Waals surface area contributed by atoms with Crippen LogP contribution in [0.15, 0.2) is 60.9 Å². The van der Waals surface area contributed by atoms with Crippen molar-refractivity contribution in [3.05, 3.63) is 93.2 Å². The number of nitrogens with zero attached hydrogens (tertiary/aromatic N) is 2. The lowest BCUT2D eigenvalue weighted by atomic mass is 10.1. The minimum atomic E-state index is -4.80. The summed E-state index contributed by atoms with van der Waals surface area (Å²) >= 11 is 12.1. The molecule has 0 aliphatic carbocycles. The van der Waals surface area contributed by atoms with Gasteiger partial charge < -0.3 is 10.0 Å². The zero-order valence-corrected chi connectivity index (χ0v) is 16.8. The number of alkyl halides is 3. The smallest absolute Gasteiger partial charge is 0.419 e. The van der Waals surface area contributed by atoms with Gasteiger partial charge in [-0.3, -0.25) is 9.78 Å². The molecule has 0 radical (unpaired) electrons. The first-order valence-corrected chi connectivity index (χ1v) is 9.42. The Morgan fingerprint density at radius 2 is 1.67 bits per heavy atom. The van der Waals surface area contributed by atoms with Crippen LogP contribution in [0.25, 0.3) is 0 Å². The molecular weight excluding hydrogens is 440 g/mol. The minimum absolute atomic E-state index is 0.0518. The number of carbonyl (C=O) groups excluding carboxylic acids is 1. The van der Waals surface area contributed by atoms with Gasteiger partial charge in [0, 0.05) is 41.1 Å². The molecule has 3 rings (SSSR count). The summed E-state index contributed by atoms with van der Waals surface area (Å²) in [6, 6.07) is 10.9. The van der Waals surface area contributed by atoms with Crippen molar-refractivity contribution in [2.45, 2.75) is 19.3 Å². The van der Waals surface area contributed by atoms with Crippen molar-refractivity contribution in [3.8, 4) is 5.75 Å². The molecule has 0 unspecified atom stereocenters. The fourth-order valence-electron chi connectivity index (χ4n) is 2.91. The highest BCUT2D eigenvalue weighted by atomic mass is 35.5. The van der Waals surface area contributed by atoms with Crippen molar-refractivity contribution in [2.24, 2.45) is 0 Å². The summed E-state index contributed by atoms with van der Waals surface area (Å²) in [6.07, 6.45) is -1.67. The van der Waals surface area contributed by atoms with E-state index in [4.69, 9.17) is 23.2 Å². The van der Waals surface area contributed by atoms with Crippen molar-refractivity contribution in [1.29, 1.82) is 0 Å². The van der Waals surface area contributed by atoms with Gasteiger partial charge in [-0.25, -0.2) is 0 Å². The van der Waals surface area contributed by atoms with Gasteiger partial charge in [0.1, 0.15) is 5.75 Å². The van der Waals surface area contributed by atoms with E-state index in [1.165, 1.54) is 11.0 Å². The van der Waals surface area contributed by atoms with E-state index in [0.29, 0.717) is 27.2 Å². The van der Waals surface area contributed by atoms with Crippen molar-refractivity contribution in [3.63, 3.8) is 0 Å². The van der Waals surface area contributed by atoms with Crippen LogP contribution < -0.4 is 0 Å². The van der Waals surface area contributed by atoms with Crippen LogP contribution in [0.1, 0.15) is 27.0 Å². The second-order valence-corrected chi connectivity index (χ2v) is 7.40. The van der Waals surface area contributed by atoms with E-state index in [1.807, 2.05) is 0 Å². The lowest BCUT2D eigenvalue weighted by molar-refractivity contribution is -0.138. The zero-order valence-electron chi connectivity index (χ0n) is 15.3. The summed E-state index contributed by atoms with van der Waals surface area (Å²) in [4.78, 5) is 18.5. The van der Waals surface area contributed by atoms with E-state index >= 15 is 0 Å². The third kappa shape index (κ3) is 5.43. The minimum Gasteiger partial charge on any atom is -0.507 e. The number of benzene rings is 2. The Kier molecular flexibility index (Phi) is 6.53. The molecule has 9 heteroatoms. The molecule has 0 aliphatic rings. The topological polar surface area (TPSA) is 53.4 Å². The third-order valence-electron chi connectivity index (χ3n) is 4.23. The monoisotopic (exact) mass is 454 g/mol. The number of phenols is 1. The molecule has 1 aromatic heterocycles. The number of hydrogen-bond donors (Lipinski definition) is 1. The molecule has 0 saturated carbocycles. The first kappa shape index (κ1) is 21.9. The number of amides is 1. The molecule has 0 saturated heterocycles. The van der Waals surface area contributed by atoms with E-state index in [2.05, 4.69) is 4.98 Å². The van der Waals surface area contributed by atoms with Gasteiger partial charge in [-0.2, -0.15) is 13.2 Å². The van der Waals surface area contributed by atoms with Crippen molar-refractivity contribution < 1.29 is 23.1 Å². The molecule has 2 aromatic carbocycles. The highest BCUT2D eigenvalue weighted by molar-refractivity contribution is 6.34. The van der Waals surface area contributed by atoms with Crippen LogP contribution in [0, 0.1) is 0 Å². The molecule has 0 spiro atoms. The van der Waals surface area contributed by atoms with E-state index in [1.54, 1.807) is 36.7 Å². The maximum absolute atomic E-state index is 13.2. The average Bonchev–Trinajstić information content (AvgIpc) is 2.66. The van der Waals surface area contributed by atoms with Crippen molar-refractivity contribution in [1.82, 2.24) is 9.88 Å². The first-order chi connectivity index (χ1) is 14.1. The Labute approximate surface area is 180 Å². The molecule has 4 nitrogen and oxygen atoms in total. The van der Waals surface area contributed by atoms with Crippen LogP contribution in [0.2, 0.25) is 10.0 Å². The Bertz CT molecular complexity index is 1040. The summed E-state index contributed by atoms with van der Waals surface area (Å²) < 4.78 is 39.5. The van der Waals surface area contributed by atoms with Crippen LogP contribution in [-0.4, -0.2) is 20.9 Å². The van der Waals surface area contributed by atoms with Crippen molar-refractivity contribution >= 4 is 29.1 Å². The van der Waals surface area contributed by atoms with E-state index in [-0.39, 0.29) is 18.7 Å². The van der Waals surface area contributed by atoms with E-state index in [9.17, 15) is 23.1 Å². The lowest BCUT2D eigenvalue weighted by Crippen LogP contribution is -2.30. The van der Waals surface area contributed by atoms with E-state index < -0.39 is 23.4 Å². The number of hydrogen-bond acceptors (Lipinski definition) is 3. The second kappa shape index (κ2) is 8.93. The fourth-order valence-corrected chi connectivity index (χ4v) is 3.48. The molecular formula is C21H15Cl2F3N2O2. The first-order valence-electron chi connectivity index (χ1n) is 8.67. The molecule has 30 heavy (non-hydrogen) atoms. The third-order valence-corrected chi connectivity index (χ3v) is 4.66. The summed E-state index contributed by atoms with van der Waals surface area (Å²) in [5.74, 6) is -1.60. The standard InChI is InChI=1S/C21H15Cl2F3N2O2/c22-16-6-14(7-17(23)9-16)12-28(11-13-2-1-5-27-10-13)20(30)15-3-4-19(29)18(8-15)21(24,25)26/h1-10,29H,11-12H2. The summed E-state index contributed by atoms with van der Waals surface area (Å²) in [5.41, 5.74) is -0.189. The van der Waals surface area contributed by atoms with Gasteiger partial charge in [-0.15, -0.1) is 0 Å². The summed E-state index contributed by atoms with van der Waals surface area (Å²) in [7, 11) is 0. The van der Waals surface area contributed by atoms with Crippen LogP contribution in [-0.2, 0) is 19.3 Å². The highest BCUT2D eigenvalue weighted by Crippen LogP contribution is 2.36. The number of aromatic nitrogens is 1. The number of carbonyl (C=O) groups is 1. The Hall–Kier alpha value is -2.77. The van der Waals surface area contributed by atoms with Crippen molar-refractivity contribution in [2.75, 3.05) is 0 Å². The number of aromatic hydroxyl groups is 1. The van der Waals surface area contributed by atoms with Crippen LogP contribution in [0.3, 0.4) is 0 Å². The SMILES string of the molecule is O=C(c1ccc(O)c(C(F)(F)F)c1)N(Cc1cccnc1)Cc1cc(Cl)cc(Cl)c1. The molecule has 1 amide bonds. The van der Waals surface area contributed by atoms with Crippen LogP contribution in [0.5, 0.6) is 5.75 Å². The molecule has 0 atom stereocenters. The Balaban J connectivity index is 1.97. The quantitative estimate of drug-likeness (QED) is 0.517. The van der Waals surface area contributed by atoms with Crippen LogP contribution in [0.4, 0.5) is 13.2 Å². The molecule has 0 bridgehead atoms. The predicted octanol–water partition coefficient (Wildman–Crippen LogP) is 5.96. The van der Waals surface area contributed by atoms with Gasteiger partial charge in [-0.1, -0.05) is 29.3 Å². The maximum atomic E-state index is 13.2. The van der Waals surface area contributed by atoms with Gasteiger partial charge in [0.25, 0.3) is 5.91 Å². The molecule has 0 aliphatic heterocycles. The summed E-state index contributed by atoms with van der Waals surface area (Å²) in [5, 5.41) is 10.3. The molecule has 3 aromatic rings. The van der Waals surface area contributed by atoms with Gasteiger partial charge in [0.2, 0.25) is 0 Å². The lowest BCUT2D eigenvalue weighted by Gasteiger charge is -2.24. The fraction of sp³-hybridized carbons (Fsp3) is 0.143. The molecule has 0 fully saturated rings. The van der Waals surface area contributed by atoms with E-state index in [0.717, 1.165) is 12.1 Å². The van der Waals surface area contributed by atoms with Gasteiger partial charge in [0.05, 0.1) is 5.56 Å². The largest absolute Gasteiger partial charge is 0.507 e. The number of pyridine rings is 1. The number of rotatable bonds is 5. The Morgan fingerprint density at radius 3 is 2.27 bits per heavy atom. The zero-order chi connectivity index (χ0) is 21.9. The van der Waals surface area contributed by atoms with Gasteiger partial charge in [0.15, 0.2) is 0 Å². The number of halogens is 5. The van der Waals surface area contributed by atoms with Crippen LogP contribution >= 0.6 is 23.2 Å².